The molecule has 2 amide bonds. The largest absolute Gasteiger partial charge is 0.415 e. The molecule has 6 heteroatoms. The summed E-state index contributed by atoms with van der Waals surface area (Å²) in [5, 5.41) is 0. The number of benzene rings is 2. The van der Waals surface area contributed by atoms with Crippen LogP contribution in [0, 0.1) is 0 Å². The van der Waals surface area contributed by atoms with Crippen molar-refractivity contribution >= 4 is 17.7 Å². The van der Waals surface area contributed by atoms with E-state index >= 15 is 0 Å². The average Bonchev–Trinajstić information content (AvgIpc) is 2.73. The van der Waals surface area contributed by atoms with E-state index in [1.165, 1.54) is 0 Å². The van der Waals surface area contributed by atoms with Gasteiger partial charge in [-0.3, -0.25) is 4.79 Å². The van der Waals surface area contributed by atoms with E-state index in [2.05, 4.69) is 13.0 Å². The molecule has 0 aromatic heterocycles. The Kier molecular flexibility index (Phi) is 7.25. The summed E-state index contributed by atoms with van der Waals surface area (Å²) in [4.78, 5) is 28.3. The molecule has 1 aliphatic heterocycles. The SMILES string of the molecule is CCCc1ccccc1N(CC1CN(C(=O)Oc2ccccc2)CCO1)C(C)=O. The van der Waals surface area contributed by atoms with Gasteiger partial charge >= 0.3 is 6.09 Å². The summed E-state index contributed by atoms with van der Waals surface area (Å²) in [6.45, 7) is 5.34. The standard InChI is InChI=1S/C23H28N2O4/c1-3-9-19-10-7-8-13-22(19)25(18(2)26)17-21-16-24(14-15-28-21)23(27)29-20-11-5-4-6-12-20/h4-8,10-13,21H,3,9,14-17H2,1-2H3. The quantitative estimate of drug-likeness (QED) is 0.743. The highest BCUT2D eigenvalue weighted by molar-refractivity contribution is 5.92. The fraction of sp³-hybridized carbons (Fsp3) is 0.391. The number of rotatable bonds is 6. The summed E-state index contributed by atoms with van der Waals surface area (Å²) < 4.78 is 11.3. The Morgan fingerprint density at radius 3 is 2.59 bits per heavy atom. The lowest BCUT2D eigenvalue weighted by Gasteiger charge is -2.35. The Bertz CT molecular complexity index is 825. The van der Waals surface area contributed by atoms with E-state index in [0.717, 1.165) is 24.1 Å². The van der Waals surface area contributed by atoms with E-state index < -0.39 is 6.09 Å². The van der Waals surface area contributed by atoms with Gasteiger partial charge in [0.05, 0.1) is 25.8 Å². The van der Waals surface area contributed by atoms with Crippen molar-refractivity contribution in [3.8, 4) is 5.75 Å². The number of para-hydroxylation sites is 2. The van der Waals surface area contributed by atoms with Crippen molar-refractivity contribution in [3.63, 3.8) is 0 Å². The molecule has 1 heterocycles. The average molecular weight is 396 g/mol. The fourth-order valence-corrected chi connectivity index (χ4v) is 3.50. The second kappa shape index (κ2) is 10.1. The first-order chi connectivity index (χ1) is 14.1. The smallest absolute Gasteiger partial charge is 0.410 e. The van der Waals surface area contributed by atoms with Crippen molar-refractivity contribution < 1.29 is 19.1 Å². The molecule has 3 rings (SSSR count). The van der Waals surface area contributed by atoms with Crippen LogP contribution in [0.25, 0.3) is 0 Å². The number of ether oxygens (including phenoxy) is 2. The van der Waals surface area contributed by atoms with Crippen molar-refractivity contribution in [1.29, 1.82) is 0 Å². The van der Waals surface area contributed by atoms with Gasteiger partial charge < -0.3 is 19.3 Å². The van der Waals surface area contributed by atoms with Gasteiger partial charge in [0, 0.05) is 19.2 Å². The predicted molar refractivity (Wildman–Crippen MR) is 112 cm³/mol. The number of amides is 2. The molecule has 29 heavy (non-hydrogen) atoms. The third-order valence-corrected chi connectivity index (χ3v) is 4.91. The number of nitrogens with zero attached hydrogens (tertiary/aromatic N) is 2. The molecule has 0 saturated carbocycles. The minimum Gasteiger partial charge on any atom is -0.410 e. The number of hydrogen-bond acceptors (Lipinski definition) is 4. The highest BCUT2D eigenvalue weighted by atomic mass is 16.6. The summed E-state index contributed by atoms with van der Waals surface area (Å²) in [6.07, 6.45) is 1.24. The Labute approximate surface area is 172 Å². The van der Waals surface area contributed by atoms with Crippen LogP contribution < -0.4 is 9.64 Å². The van der Waals surface area contributed by atoms with Crippen LogP contribution in [0.4, 0.5) is 10.5 Å². The maximum absolute atomic E-state index is 12.5. The fourth-order valence-electron chi connectivity index (χ4n) is 3.50. The van der Waals surface area contributed by atoms with Crippen molar-refractivity contribution in [2.75, 3.05) is 31.1 Å². The van der Waals surface area contributed by atoms with E-state index in [-0.39, 0.29) is 12.0 Å². The van der Waals surface area contributed by atoms with Crippen LogP contribution in [0.3, 0.4) is 0 Å². The highest BCUT2D eigenvalue weighted by Crippen LogP contribution is 2.23. The molecule has 0 bridgehead atoms. The van der Waals surface area contributed by atoms with Gasteiger partial charge in [-0.05, 0) is 30.2 Å². The first-order valence-electron chi connectivity index (χ1n) is 10.1. The molecule has 0 spiro atoms. The maximum atomic E-state index is 12.5. The summed E-state index contributed by atoms with van der Waals surface area (Å²) in [7, 11) is 0. The third kappa shape index (κ3) is 5.57. The van der Waals surface area contributed by atoms with Crippen molar-refractivity contribution in [2.45, 2.75) is 32.8 Å². The zero-order chi connectivity index (χ0) is 20.6. The van der Waals surface area contributed by atoms with E-state index in [0.29, 0.717) is 32.0 Å². The molecule has 0 aliphatic carbocycles. The molecule has 0 N–H and O–H groups in total. The number of carbonyl (C=O) groups excluding carboxylic acids is 2. The van der Waals surface area contributed by atoms with Crippen molar-refractivity contribution in [3.05, 3.63) is 60.2 Å². The normalized spacial score (nSPS) is 16.3. The third-order valence-electron chi connectivity index (χ3n) is 4.91. The number of anilines is 1. The molecule has 1 saturated heterocycles. The molecule has 1 aliphatic rings. The second-order valence-electron chi connectivity index (χ2n) is 7.13. The predicted octanol–water partition coefficient (Wildman–Crippen LogP) is 3.89. The molecule has 2 aromatic carbocycles. The number of carbonyl (C=O) groups is 2. The van der Waals surface area contributed by atoms with Gasteiger partial charge in [-0.25, -0.2) is 4.79 Å². The van der Waals surface area contributed by atoms with E-state index in [1.54, 1.807) is 28.9 Å². The van der Waals surface area contributed by atoms with Gasteiger partial charge in [-0.2, -0.15) is 0 Å². The highest BCUT2D eigenvalue weighted by Gasteiger charge is 2.28. The van der Waals surface area contributed by atoms with Gasteiger partial charge in [0.15, 0.2) is 0 Å². The van der Waals surface area contributed by atoms with Gasteiger partial charge in [-0.15, -0.1) is 0 Å². The van der Waals surface area contributed by atoms with E-state index in [4.69, 9.17) is 9.47 Å². The van der Waals surface area contributed by atoms with Crippen LogP contribution in [0.2, 0.25) is 0 Å². The summed E-state index contributed by atoms with van der Waals surface area (Å²) in [6, 6.07) is 17.0. The maximum Gasteiger partial charge on any atom is 0.415 e. The van der Waals surface area contributed by atoms with Crippen LogP contribution in [0.5, 0.6) is 5.75 Å². The van der Waals surface area contributed by atoms with Crippen LogP contribution in [0.1, 0.15) is 25.8 Å². The molecule has 6 nitrogen and oxygen atoms in total. The molecule has 1 fully saturated rings. The van der Waals surface area contributed by atoms with Crippen LogP contribution in [-0.4, -0.2) is 49.2 Å². The van der Waals surface area contributed by atoms with E-state index in [9.17, 15) is 9.59 Å². The Morgan fingerprint density at radius 2 is 1.86 bits per heavy atom. The number of morpholine rings is 1. The summed E-state index contributed by atoms with van der Waals surface area (Å²) in [5.74, 6) is 0.473. The van der Waals surface area contributed by atoms with Crippen LogP contribution >= 0.6 is 0 Å². The van der Waals surface area contributed by atoms with Gasteiger partial charge in [0.25, 0.3) is 0 Å². The zero-order valence-corrected chi connectivity index (χ0v) is 17.0. The molecular formula is C23H28N2O4. The number of aryl methyl sites for hydroxylation is 1. The van der Waals surface area contributed by atoms with Gasteiger partial charge in [-0.1, -0.05) is 49.7 Å². The lowest BCUT2D eigenvalue weighted by atomic mass is 10.1. The Balaban J connectivity index is 1.68. The molecule has 1 atom stereocenters. The minimum absolute atomic E-state index is 0.0406. The van der Waals surface area contributed by atoms with E-state index in [1.807, 2.05) is 36.4 Å². The zero-order valence-electron chi connectivity index (χ0n) is 17.0. The minimum atomic E-state index is -0.398. The lowest BCUT2D eigenvalue weighted by Crippen LogP contribution is -2.51. The summed E-state index contributed by atoms with van der Waals surface area (Å²) in [5.41, 5.74) is 2.05. The Hall–Kier alpha value is -2.86. The number of hydrogen-bond donors (Lipinski definition) is 0. The first kappa shape index (κ1) is 20.9. The molecule has 154 valence electrons. The van der Waals surface area contributed by atoms with Gasteiger partial charge in [0.1, 0.15) is 5.75 Å². The summed E-state index contributed by atoms with van der Waals surface area (Å²) >= 11 is 0. The Morgan fingerprint density at radius 1 is 1.14 bits per heavy atom. The molecular weight excluding hydrogens is 368 g/mol. The monoisotopic (exact) mass is 396 g/mol. The second-order valence-corrected chi connectivity index (χ2v) is 7.13. The van der Waals surface area contributed by atoms with Crippen LogP contribution in [0.15, 0.2) is 54.6 Å². The lowest BCUT2D eigenvalue weighted by molar-refractivity contribution is -0.117. The molecule has 1 unspecified atom stereocenters. The first-order valence-corrected chi connectivity index (χ1v) is 10.1. The van der Waals surface area contributed by atoms with Gasteiger partial charge in [0.2, 0.25) is 5.91 Å². The topological polar surface area (TPSA) is 59.1 Å². The molecule has 2 aromatic rings. The molecule has 0 radical (unpaired) electrons. The van der Waals surface area contributed by atoms with Crippen molar-refractivity contribution in [1.82, 2.24) is 4.90 Å². The van der Waals surface area contributed by atoms with Crippen molar-refractivity contribution in [2.24, 2.45) is 0 Å². The van der Waals surface area contributed by atoms with Crippen LogP contribution in [-0.2, 0) is 16.0 Å².